The second-order valence-electron chi connectivity index (χ2n) is 6.65. The van der Waals surface area contributed by atoms with Gasteiger partial charge < -0.3 is 5.32 Å². The lowest BCUT2D eigenvalue weighted by Crippen LogP contribution is -2.29. The largest absolute Gasteiger partial charge is 0.350 e. The van der Waals surface area contributed by atoms with Gasteiger partial charge in [0.2, 0.25) is 15.9 Å². The predicted molar refractivity (Wildman–Crippen MR) is 115 cm³/mol. The van der Waals surface area contributed by atoms with E-state index in [0.29, 0.717) is 13.0 Å². The van der Waals surface area contributed by atoms with Gasteiger partial charge in [0.15, 0.2) is 0 Å². The number of carbonyl (C=O) groups is 1. The molecule has 0 radical (unpaired) electrons. The van der Waals surface area contributed by atoms with Crippen molar-refractivity contribution in [2.45, 2.75) is 24.3 Å². The molecule has 0 spiro atoms. The SMILES string of the molecule is CN(CCCC(=O)NCc1nc(-c2ccccc2)cs1)S(=O)(=O)c1ccc(F)cc1. The van der Waals surface area contributed by atoms with Crippen LogP contribution in [0.4, 0.5) is 4.39 Å². The summed E-state index contributed by atoms with van der Waals surface area (Å²) in [6.07, 6.45) is 0.566. The quantitative estimate of drug-likeness (QED) is 0.543. The van der Waals surface area contributed by atoms with Gasteiger partial charge in [-0.25, -0.2) is 22.1 Å². The van der Waals surface area contributed by atoms with E-state index in [-0.39, 0.29) is 23.8 Å². The molecular weight excluding hydrogens is 425 g/mol. The van der Waals surface area contributed by atoms with Gasteiger partial charge in [0.1, 0.15) is 10.8 Å². The maximum Gasteiger partial charge on any atom is 0.242 e. The lowest BCUT2D eigenvalue weighted by molar-refractivity contribution is -0.121. The van der Waals surface area contributed by atoms with Gasteiger partial charge in [-0.05, 0) is 30.7 Å². The molecule has 1 aromatic heterocycles. The van der Waals surface area contributed by atoms with Gasteiger partial charge in [0, 0.05) is 31.0 Å². The fourth-order valence-corrected chi connectivity index (χ4v) is 4.72. The minimum absolute atomic E-state index is 0.0221. The molecule has 0 aliphatic carbocycles. The van der Waals surface area contributed by atoms with Crippen molar-refractivity contribution in [3.05, 3.63) is 70.8 Å². The highest BCUT2D eigenvalue weighted by atomic mass is 32.2. The first-order valence-corrected chi connectivity index (χ1v) is 11.7. The molecule has 0 saturated heterocycles. The summed E-state index contributed by atoms with van der Waals surface area (Å²) in [6.45, 7) is 0.516. The van der Waals surface area contributed by atoms with Crippen molar-refractivity contribution >= 4 is 27.3 Å². The zero-order valence-electron chi connectivity index (χ0n) is 16.4. The zero-order chi connectivity index (χ0) is 21.6. The smallest absolute Gasteiger partial charge is 0.242 e. The number of carbonyl (C=O) groups excluding carboxylic acids is 1. The fraction of sp³-hybridized carbons (Fsp3) is 0.238. The maximum atomic E-state index is 13.0. The number of amides is 1. The van der Waals surface area contributed by atoms with E-state index in [1.165, 1.54) is 34.8 Å². The van der Waals surface area contributed by atoms with Crippen LogP contribution in [-0.4, -0.2) is 37.2 Å². The Morgan fingerprint density at radius 1 is 1.13 bits per heavy atom. The summed E-state index contributed by atoms with van der Waals surface area (Å²) in [5, 5.41) is 5.57. The Hall–Kier alpha value is -2.62. The molecule has 0 aliphatic heterocycles. The number of hydrogen-bond acceptors (Lipinski definition) is 5. The number of halogens is 1. The molecule has 1 N–H and O–H groups in total. The van der Waals surface area contributed by atoms with Crippen LogP contribution in [0.15, 0.2) is 64.9 Å². The van der Waals surface area contributed by atoms with Crippen LogP contribution >= 0.6 is 11.3 Å². The topological polar surface area (TPSA) is 79.4 Å². The number of thiazole rings is 1. The molecule has 3 aromatic rings. The first-order valence-electron chi connectivity index (χ1n) is 9.35. The predicted octanol–water partition coefficient (Wildman–Crippen LogP) is 3.67. The van der Waals surface area contributed by atoms with Gasteiger partial charge >= 0.3 is 0 Å². The lowest BCUT2D eigenvalue weighted by atomic mass is 10.2. The van der Waals surface area contributed by atoms with Crippen LogP contribution in [0.2, 0.25) is 0 Å². The van der Waals surface area contributed by atoms with Crippen molar-refractivity contribution in [2.75, 3.05) is 13.6 Å². The Morgan fingerprint density at radius 2 is 1.83 bits per heavy atom. The highest BCUT2D eigenvalue weighted by molar-refractivity contribution is 7.89. The fourth-order valence-electron chi connectivity index (χ4n) is 2.77. The summed E-state index contributed by atoms with van der Waals surface area (Å²) in [7, 11) is -2.26. The van der Waals surface area contributed by atoms with E-state index in [0.717, 1.165) is 28.4 Å². The van der Waals surface area contributed by atoms with Crippen molar-refractivity contribution in [3.8, 4) is 11.3 Å². The molecule has 158 valence electrons. The first kappa shape index (κ1) is 22.1. The molecule has 0 aliphatic rings. The Morgan fingerprint density at radius 3 is 2.53 bits per heavy atom. The standard InChI is InChI=1S/C21H22FN3O3S2/c1-25(30(27,28)18-11-9-17(22)10-12-18)13-5-8-20(26)23-14-21-24-19(15-29-21)16-6-3-2-4-7-16/h2-4,6-7,9-12,15H,5,8,13-14H2,1H3,(H,23,26). The number of nitrogens with one attached hydrogen (secondary N) is 1. The molecule has 0 unspecified atom stereocenters. The summed E-state index contributed by atoms with van der Waals surface area (Å²) in [4.78, 5) is 16.6. The summed E-state index contributed by atoms with van der Waals surface area (Å²) < 4.78 is 39.1. The third-order valence-electron chi connectivity index (χ3n) is 4.46. The molecule has 0 fully saturated rings. The van der Waals surface area contributed by atoms with Crippen molar-refractivity contribution in [1.82, 2.24) is 14.6 Å². The summed E-state index contributed by atoms with van der Waals surface area (Å²) in [5.41, 5.74) is 1.90. The lowest BCUT2D eigenvalue weighted by Gasteiger charge is -2.17. The molecule has 6 nitrogen and oxygen atoms in total. The molecule has 0 atom stereocenters. The molecule has 0 bridgehead atoms. The third-order valence-corrected chi connectivity index (χ3v) is 7.18. The highest BCUT2D eigenvalue weighted by Crippen LogP contribution is 2.21. The first-order chi connectivity index (χ1) is 14.4. The van der Waals surface area contributed by atoms with E-state index in [4.69, 9.17) is 0 Å². The summed E-state index contributed by atoms with van der Waals surface area (Å²) in [5.74, 6) is -0.663. The van der Waals surface area contributed by atoms with E-state index in [2.05, 4.69) is 10.3 Å². The van der Waals surface area contributed by atoms with E-state index < -0.39 is 15.8 Å². The van der Waals surface area contributed by atoms with Crippen LogP contribution in [0.5, 0.6) is 0 Å². The number of sulfonamides is 1. The van der Waals surface area contributed by atoms with Gasteiger partial charge in [0.05, 0.1) is 17.1 Å². The number of benzene rings is 2. The van der Waals surface area contributed by atoms with Gasteiger partial charge in [-0.1, -0.05) is 30.3 Å². The third kappa shape index (κ3) is 5.71. The Labute approximate surface area is 179 Å². The number of nitrogens with zero attached hydrogens (tertiary/aromatic N) is 2. The minimum Gasteiger partial charge on any atom is -0.350 e. The molecular formula is C21H22FN3O3S2. The highest BCUT2D eigenvalue weighted by Gasteiger charge is 2.20. The molecule has 30 heavy (non-hydrogen) atoms. The zero-order valence-corrected chi connectivity index (χ0v) is 18.0. The van der Waals surface area contributed by atoms with Gasteiger partial charge in [-0.3, -0.25) is 4.79 Å². The Kier molecular flexibility index (Phi) is 7.30. The van der Waals surface area contributed by atoms with Gasteiger partial charge in [-0.15, -0.1) is 11.3 Å². The number of rotatable bonds is 9. The van der Waals surface area contributed by atoms with Crippen LogP contribution in [0.25, 0.3) is 11.3 Å². The van der Waals surface area contributed by atoms with Crippen LogP contribution in [0.3, 0.4) is 0 Å². The second-order valence-corrected chi connectivity index (χ2v) is 9.64. The van der Waals surface area contributed by atoms with Gasteiger partial charge in [-0.2, -0.15) is 0 Å². The van der Waals surface area contributed by atoms with Crippen molar-refractivity contribution in [3.63, 3.8) is 0 Å². The maximum absolute atomic E-state index is 13.0. The van der Waals surface area contributed by atoms with E-state index >= 15 is 0 Å². The van der Waals surface area contributed by atoms with Crippen LogP contribution < -0.4 is 5.32 Å². The summed E-state index contributed by atoms with van der Waals surface area (Å²) in [6, 6.07) is 14.5. The number of hydrogen-bond donors (Lipinski definition) is 1. The monoisotopic (exact) mass is 447 g/mol. The van der Waals surface area contributed by atoms with Gasteiger partial charge in [0.25, 0.3) is 0 Å². The van der Waals surface area contributed by atoms with E-state index in [1.807, 2.05) is 35.7 Å². The molecule has 0 saturated carbocycles. The van der Waals surface area contributed by atoms with Crippen molar-refractivity contribution in [2.24, 2.45) is 0 Å². The van der Waals surface area contributed by atoms with Crippen molar-refractivity contribution < 1.29 is 17.6 Å². The summed E-state index contributed by atoms with van der Waals surface area (Å²) >= 11 is 1.48. The molecule has 3 rings (SSSR count). The van der Waals surface area contributed by atoms with E-state index in [9.17, 15) is 17.6 Å². The van der Waals surface area contributed by atoms with E-state index in [1.54, 1.807) is 0 Å². The second kappa shape index (κ2) is 9.92. The van der Waals surface area contributed by atoms with Crippen LogP contribution in [0.1, 0.15) is 17.8 Å². The van der Waals surface area contributed by atoms with Crippen LogP contribution in [-0.2, 0) is 21.4 Å². The molecule has 1 heterocycles. The molecule has 2 aromatic carbocycles. The minimum atomic E-state index is -3.71. The van der Waals surface area contributed by atoms with Crippen LogP contribution in [0, 0.1) is 5.82 Å². The average molecular weight is 448 g/mol. The molecule has 1 amide bonds. The normalized spacial score (nSPS) is 11.6. The Bertz CT molecular complexity index is 1080. The number of aromatic nitrogens is 1. The average Bonchev–Trinajstić information content (AvgIpc) is 3.22. The Balaban J connectivity index is 1.44. The molecule has 9 heteroatoms. The van der Waals surface area contributed by atoms with Crippen molar-refractivity contribution in [1.29, 1.82) is 0 Å².